The van der Waals surface area contributed by atoms with Crippen molar-refractivity contribution in [2.75, 3.05) is 5.32 Å². The summed E-state index contributed by atoms with van der Waals surface area (Å²) in [5.74, 6) is -0.449. The standard InChI is InChI=1S/C26H24N2OS/c1-2-12-22-24(21-17-10-5-11-18-21)27-26(30-22)28-25(29)23(19-13-6-3-7-14-19)20-15-8-4-9-16-20/h3-11,13-18,23H,2,12H2,1H3,(H,27,28,29). The fourth-order valence-corrected chi connectivity index (χ4v) is 4.68. The Morgan fingerprint density at radius 2 is 1.40 bits per heavy atom. The van der Waals surface area contributed by atoms with Crippen LogP contribution in [-0.2, 0) is 11.2 Å². The fourth-order valence-electron chi connectivity index (χ4n) is 3.59. The molecule has 30 heavy (non-hydrogen) atoms. The van der Waals surface area contributed by atoms with Gasteiger partial charge in [-0.05, 0) is 17.5 Å². The molecule has 0 saturated heterocycles. The Morgan fingerprint density at radius 3 is 1.93 bits per heavy atom. The Hall–Kier alpha value is -3.24. The number of nitrogens with zero attached hydrogens (tertiary/aromatic N) is 1. The van der Waals surface area contributed by atoms with Crippen LogP contribution in [0.4, 0.5) is 5.13 Å². The summed E-state index contributed by atoms with van der Waals surface area (Å²) in [7, 11) is 0. The van der Waals surface area contributed by atoms with Crippen LogP contribution in [0.25, 0.3) is 11.3 Å². The number of hydrogen-bond acceptors (Lipinski definition) is 3. The molecule has 3 nitrogen and oxygen atoms in total. The van der Waals surface area contributed by atoms with Crippen molar-refractivity contribution in [3.05, 3.63) is 107 Å². The summed E-state index contributed by atoms with van der Waals surface area (Å²) in [6, 6.07) is 30.0. The maximum absolute atomic E-state index is 13.4. The van der Waals surface area contributed by atoms with Gasteiger partial charge in [-0.1, -0.05) is 104 Å². The fraction of sp³-hybridized carbons (Fsp3) is 0.154. The van der Waals surface area contributed by atoms with Crippen molar-refractivity contribution in [2.45, 2.75) is 25.7 Å². The second kappa shape index (κ2) is 9.51. The van der Waals surface area contributed by atoms with Gasteiger partial charge in [-0.2, -0.15) is 0 Å². The molecule has 150 valence electrons. The van der Waals surface area contributed by atoms with Crippen LogP contribution >= 0.6 is 11.3 Å². The van der Waals surface area contributed by atoms with Crippen LogP contribution < -0.4 is 5.32 Å². The third-order valence-electron chi connectivity index (χ3n) is 4.98. The molecule has 3 aromatic carbocycles. The predicted molar refractivity (Wildman–Crippen MR) is 125 cm³/mol. The molecule has 4 heteroatoms. The number of benzene rings is 3. The zero-order valence-corrected chi connectivity index (χ0v) is 17.7. The smallest absolute Gasteiger partial charge is 0.238 e. The Balaban J connectivity index is 1.66. The zero-order chi connectivity index (χ0) is 20.8. The molecule has 4 rings (SSSR count). The second-order valence-electron chi connectivity index (χ2n) is 7.15. The van der Waals surface area contributed by atoms with Crippen LogP contribution in [0.15, 0.2) is 91.0 Å². The number of thiazole rings is 1. The lowest BCUT2D eigenvalue weighted by Gasteiger charge is -2.17. The molecule has 0 spiro atoms. The lowest BCUT2D eigenvalue weighted by Crippen LogP contribution is -2.22. The highest BCUT2D eigenvalue weighted by Crippen LogP contribution is 2.33. The van der Waals surface area contributed by atoms with E-state index in [0.717, 1.165) is 35.2 Å². The first kappa shape index (κ1) is 20.0. The van der Waals surface area contributed by atoms with Gasteiger partial charge in [-0.15, -0.1) is 11.3 Å². The van der Waals surface area contributed by atoms with E-state index < -0.39 is 0 Å². The predicted octanol–water partition coefficient (Wildman–Crippen LogP) is 6.53. The van der Waals surface area contributed by atoms with Gasteiger partial charge in [-0.25, -0.2) is 4.98 Å². The van der Waals surface area contributed by atoms with E-state index >= 15 is 0 Å². The molecular weight excluding hydrogens is 388 g/mol. The molecule has 1 heterocycles. The van der Waals surface area contributed by atoms with E-state index in [-0.39, 0.29) is 11.8 Å². The van der Waals surface area contributed by atoms with Gasteiger partial charge in [0.2, 0.25) is 5.91 Å². The summed E-state index contributed by atoms with van der Waals surface area (Å²) in [4.78, 5) is 19.4. The van der Waals surface area contributed by atoms with Crippen molar-refractivity contribution in [3.8, 4) is 11.3 Å². The number of hydrogen-bond donors (Lipinski definition) is 1. The normalized spacial score (nSPS) is 10.9. The molecule has 1 N–H and O–H groups in total. The average Bonchev–Trinajstić information content (AvgIpc) is 3.18. The molecule has 0 saturated carbocycles. The number of carbonyl (C=O) groups is 1. The maximum Gasteiger partial charge on any atom is 0.238 e. The molecule has 0 fully saturated rings. The number of nitrogens with one attached hydrogen (secondary N) is 1. The number of carbonyl (C=O) groups excluding carboxylic acids is 1. The van der Waals surface area contributed by atoms with E-state index in [2.05, 4.69) is 24.4 Å². The van der Waals surface area contributed by atoms with Gasteiger partial charge >= 0.3 is 0 Å². The zero-order valence-electron chi connectivity index (χ0n) is 16.9. The van der Waals surface area contributed by atoms with Gasteiger partial charge in [0, 0.05) is 10.4 Å². The molecule has 0 unspecified atom stereocenters. The highest BCUT2D eigenvalue weighted by molar-refractivity contribution is 7.16. The third kappa shape index (κ3) is 4.50. The first-order valence-corrected chi connectivity index (χ1v) is 11.0. The van der Waals surface area contributed by atoms with Crippen molar-refractivity contribution in [1.82, 2.24) is 4.98 Å². The molecule has 1 aromatic heterocycles. The van der Waals surface area contributed by atoms with Crippen molar-refractivity contribution in [2.24, 2.45) is 0 Å². The van der Waals surface area contributed by atoms with Crippen LogP contribution in [0.3, 0.4) is 0 Å². The van der Waals surface area contributed by atoms with Gasteiger partial charge in [0.15, 0.2) is 5.13 Å². The molecule has 0 radical (unpaired) electrons. The summed E-state index contributed by atoms with van der Waals surface area (Å²) in [5.41, 5.74) is 3.98. The summed E-state index contributed by atoms with van der Waals surface area (Å²) in [5, 5.41) is 3.75. The van der Waals surface area contributed by atoms with E-state index in [0.29, 0.717) is 5.13 Å². The highest BCUT2D eigenvalue weighted by Gasteiger charge is 2.24. The molecular formula is C26H24N2OS. The molecule has 0 atom stereocenters. The molecule has 4 aromatic rings. The van der Waals surface area contributed by atoms with Gasteiger partial charge in [0.05, 0.1) is 11.6 Å². The van der Waals surface area contributed by atoms with Crippen molar-refractivity contribution in [3.63, 3.8) is 0 Å². The van der Waals surface area contributed by atoms with E-state index in [9.17, 15) is 4.79 Å². The average molecular weight is 413 g/mol. The minimum absolute atomic E-state index is 0.0659. The first-order valence-electron chi connectivity index (χ1n) is 10.2. The maximum atomic E-state index is 13.4. The molecule has 0 bridgehead atoms. The van der Waals surface area contributed by atoms with Crippen LogP contribution in [0.5, 0.6) is 0 Å². The molecule has 1 amide bonds. The van der Waals surface area contributed by atoms with Crippen molar-refractivity contribution >= 4 is 22.4 Å². The Labute approximate surface area is 181 Å². The largest absolute Gasteiger partial charge is 0.301 e. The number of aryl methyl sites for hydroxylation is 1. The van der Waals surface area contributed by atoms with E-state index in [4.69, 9.17) is 4.98 Å². The van der Waals surface area contributed by atoms with Gasteiger partial charge in [-0.3, -0.25) is 4.79 Å². The van der Waals surface area contributed by atoms with Crippen LogP contribution in [0.2, 0.25) is 0 Å². The highest BCUT2D eigenvalue weighted by atomic mass is 32.1. The second-order valence-corrected chi connectivity index (χ2v) is 8.23. The Bertz CT molecular complexity index is 1050. The number of rotatable bonds is 7. The summed E-state index contributed by atoms with van der Waals surface area (Å²) >= 11 is 1.57. The van der Waals surface area contributed by atoms with E-state index in [1.54, 1.807) is 11.3 Å². The van der Waals surface area contributed by atoms with Crippen LogP contribution in [0, 0.1) is 0 Å². The summed E-state index contributed by atoms with van der Waals surface area (Å²) < 4.78 is 0. The third-order valence-corrected chi connectivity index (χ3v) is 6.01. The summed E-state index contributed by atoms with van der Waals surface area (Å²) in [6.07, 6.45) is 1.98. The monoisotopic (exact) mass is 412 g/mol. The van der Waals surface area contributed by atoms with Gasteiger partial charge in [0.25, 0.3) is 0 Å². The number of amides is 1. The Kier molecular flexibility index (Phi) is 6.35. The van der Waals surface area contributed by atoms with Crippen molar-refractivity contribution in [1.29, 1.82) is 0 Å². The van der Waals surface area contributed by atoms with Crippen LogP contribution in [-0.4, -0.2) is 10.9 Å². The number of aromatic nitrogens is 1. The molecule has 0 aliphatic heterocycles. The first-order chi connectivity index (χ1) is 14.8. The van der Waals surface area contributed by atoms with E-state index in [1.165, 1.54) is 4.88 Å². The topological polar surface area (TPSA) is 42.0 Å². The quantitative estimate of drug-likeness (QED) is 0.375. The molecule has 0 aliphatic rings. The van der Waals surface area contributed by atoms with E-state index in [1.807, 2.05) is 78.9 Å². The van der Waals surface area contributed by atoms with Gasteiger partial charge < -0.3 is 5.32 Å². The SMILES string of the molecule is CCCc1sc(NC(=O)C(c2ccccc2)c2ccccc2)nc1-c1ccccc1. The molecule has 0 aliphatic carbocycles. The lowest BCUT2D eigenvalue weighted by atomic mass is 9.90. The number of anilines is 1. The lowest BCUT2D eigenvalue weighted by molar-refractivity contribution is -0.116. The minimum atomic E-state index is -0.383. The minimum Gasteiger partial charge on any atom is -0.301 e. The van der Waals surface area contributed by atoms with Crippen molar-refractivity contribution < 1.29 is 4.79 Å². The Morgan fingerprint density at radius 1 is 0.867 bits per heavy atom. The van der Waals surface area contributed by atoms with Crippen LogP contribution in [0.1, 0.15) is 35.3 Å². The summed E-state index contributed by atoms with van der Waals surface area (Å²) in [6.45, 7) is 2.16. The van der Waals surface area contributed by atoms with Gasteiger partial charge in [0.1, 0.15) is 0 Å².